The van der Waals surface area contributed by atoms with Gasteiger partial charge in [-0.05, 0) is 24.5 Å². The molecule has 0 radical (unpaired) electrons. The Morgan fingerprint density at radius 3 is 2.47 bits per heavy atom. The van der Waals surface area contributed by atoms with Crippen molar-refractivity contribution in [3.63, 3.8) is 0 Å². The van der Waals surface area contributed by atoms with E-state index in [9.17, 15) is 0 Å². The van der Waals surface area contributed by atoms with E-state index >= 15 is 0 Å². The van der Waals surface area contributed by atoms with Gasteiger partial charge in [-0.25, -0.2) is 0 Å². The first-order chi connectivity index (χ1) is 7.13. The van der Waals surface area contributed by atoms with Crippen molar-refractivity contribution in [1.29, 1.82) is 0 Å². The van der Waals surface area contributed by atoms with Crippen molar-refractivity contribution >= 4 is 30.3 Å². The Morgan fingerprint density at radius 2 is 1.93 bits per heavy atom. The molecule has 0 atom stereocenters. The van der Waals surface area contributed by atoms with Crippen LogP contribution in [0.2, 0.25) is 0 Å². The molecule has 0 N–H and O–H groups in total. The minimum Gasteiger partial charge on any atom is -0.424 e. The lowest BCUT2D eigenvalue weighted by Gasteiger charge is -2.18. The lowest BCUT2D eigenvalue weighted by molar-refractivity contribution is 0.273. The van der Waals surface area contributed by atoms with Gasteiger partial charge < -0.3 is 13.6 Å². The van der Waals surface area contributed by atoms with Crippen molar-refractivity contribution in [2.45, 2.75) is 4.90 Å². The quantitative estimate of drug-likeness (QED) is 0.601. The Morgan fingerprint density at radius 1 is 1.27 bits per heavy atom. The predicted molar refractivity (Wildman–Crippen MR) is 67.2 cm³/mol. The number of thioether (sulfide) groups is 1. The summed E-state index contributed by atoms with van der Waals surface area (Å²) in [4.78, 5) is 1.11. The van der Waals surface area contributed by atoms with E-state index in [0.717, 1.165) is 4.90 Å². The minimum absolute atomic E-state index is 0.675. The van der Waals surface area contributed by atoms with Gasteiger partial charge in [0.15, 0.2) is 0 Å². The van der Waals surface area contributed by atoms with Gasteiger partial charge in [-0.3, -0.25) is 0 Å². The Hall–Kier alpha value is -0.0600. The summed E-state index contributed by atoms with van der Waals surface area (Å²) in [6.07, 6.45) is 2.00. The highest BCUT2D eigenvalue weighted by Gasteiger charge is 2.18. The molecule has 1 rings (SSSR count). The van der Waals surface area contributed by atoms with Gasteiger partial charge in [0.25, 0.3) is 0 Å². The average Bonchev–Trinajstić information content (AvgIpc) is 2.29. The first kappa shape index (κ1) is 13.0. The highest BCUT2D eigenvalue weighted by Crippen LogP contribution is 2.48. The van der Waals surface area contributed by atoms with E-state index in [1.54, 1.807) is 11.8 Å². The molecule has 0 amide bonds. The molecule has 0 aliphatic carbocycles. The maximum Gasteiger partial charge on any atom is 0.380 e. The molecule has 0 bridgehead atoms. The Balaban J connectivity index is 2.84. The first-order valence-corrected chi connectivity index (χ1v) is 7.97. The van der Waals surface area contributed by atoms with Crippen molar-refractivity contribution in [2.75, 3.05) is 20.5 Å². The van der Waals surface area contributed by atoms with E-state index in [-0.39, 0.29) is 0 Å². The van der Waals surface area contributed by atoms with Crippen LogP contribution in [0.5, 0.6) is 5.75 Å². The molecule has 0 aromatic heterocycles. The smallest absolute Gasteiger partial charge is 0.380 e. The third-order valence-electron chi connectivity index (χ3n) is 1.71. The molecule has 0 saturated heterocycles. The van der Waals surface area contributed by atoms with E-state index < -0.39 is 6.72 Å². The summed E-state index contributed by atoms with van der Waals surface area (Å²) < 4.78 is 15.6. The van der Waals surface area contributed by atoms with Crippen LogP contribution < -0.4 is 4.52 Å². The fourth-order valence-electron chi connectivity index (χ4n) is 0.936. The van der Waals surface area contributed by atoms with E-state index in [1.165, 1.54) is 14.2 Å². The van der Waals surface area contributed by atoms with Crippen LogP contribution in [0.3, 0.4) is 0 Å². The summed E-state index contributed by atoms with van der Waals surface area (Å²) in [5.41, 5.74) is 0. The fraction of sp³-hybridized carbons (Fsp3) is 0.333. The van der Waals surface area contributed by atoms with Crippen LogP contribution in [0.15, 0.2) is 29.2 Å². The van der Waals surface area contributed by atoms with Crippen LogP contribution >= 0.6 is 18.5 Å². The van der Waals surface area contributed by atoms with E-state index in [2.05, 4.69) is 0 Å². The van der Waals surface area contributed by atoms with E-state index in [0.29, 0.717) is 5.75 Å². The Labute approximate surface area is 99.4 Å². The zero-order valence-corrected chi connectivity index (χ0v) is 11.3. The van der Waals surface area contributed by atoms with Gasteiger partial charge in [0.05, 0.1) is 0 Å². The monoisotopic (exact) mass is 264 g/mol. The van der Waals surface area contributed by atoms with Crippen molar-refractivity contribution in [2.24, 2.45) is 0 Å². The van der Waals surface area contributed by atoms with Gasteiger partial charge in [-0.2, -0.15) is 0 Å². The van der Waals surface area contributed by atoms with Gasteiger partial charge in [0, 0.05) is 30.9 Å². The SMILES string of the molecule is COP(=S)(OC)Oc1cccc(SC)c1. The maximum atomic E-state index is 5.51. The van der Waals surface area contributed by atoms with Crippen molar-refractivity contribution in [1.82, 2.24) is 0 Å². The lowest BCUT2D eigenvalue weighted by Crippen LogP contribution is -1.96. The molecule has 0 aliphatic rings. The second kappa shape index (κ2) is 5.87. The molecule has 3 nitrogen and oxygen atoms in total. The number of benzene rings is 1. The molecule has 0 heterocycles. The molecular formula is C9H13O3PS2. The number of rotatable bonds is 5. The summed E-state index contributed by atoms with van der Waals surface area (Å²) in [5, 5.41) is 0. The fourth-order valence-corrected chi connectivity index (χ4v) is 2.31. The first-order valence-electron chi connectivity index (χ1n) is 4.18. The van der Waals surface area contributed by atoms with Crippen LogP contribution in [0.4, 0.5) is 0 Å². The molecule has 0 unspecified atom stereocenters. The highest BCUT2D eigenvalue weighted by atomic mass is 32.5. The maximum absolute atomic E-state index is 5.51. The second-order valence-corrected chi connectivity index (χ2v) is 6.61. The molecule has 0 aliphatic heterocycles. The normalized spacial score (nSPS) is 11.4. The molecule has 0 saturated carbocycles. The molecule has 84 valence electrons. The standard InChI is InChI=1S/C9H13O3PS2/c1-10-13(14,11-2)12-8-5-4-6-9(7-8)15-3/h4-7H,1-3H3. The van der Waals surface area contributed by atoms with Crippen molar-refractivity contribution in [3.8, 4) is 5.75 Å². The summed E-state index contributed by atoms with van der Waals surface area (Å²) in [5.74, 6) is 0.675. The van der Waals surface area contributed by atoms with E-state index in [1.807, 2.05) is 30.5 Å². The van der Waals surface area contributed by atoms with Crippen molar-refractivity contribution < 1.29 is 13.6 Å². The van der Waals surface area contributed by atoms with Crippen LogP contribution in [0, 0.1) is 0 Å². The zero-order chi connectivity index (χ0) is 11.3. The molecule has 6 heteroatoms. The third-order valence-corrected chi connectivity index (χ3v) is 4.88. The molecular weight excluding hydrogens is 251 g/mol. The Kier molecular flexibility index (Phi) is 5.09. The number of hydrogen-bond donors (Lipinski definition) is 0. The summed E-state index contributed by atoms with van der Waals surface area (Å²) in [7, 11) is 2.98. The average molecular weight is 264 g/mol. The lowest BCUT2D eigenvalue weighted by atomic mass is 10.3. The molecule has 1 aromatic rings. The van der Waals surface area contributed by atoms with Crippen LogP contribution in [-0.2, 0) is 20.9 Å². The highest BCUT2D eigenvalue weighted by molar-refractivity contribution is 8.07. The number of hydrogen-bond acceptors (Lipinski definition) is 5. The van der Waals surface area contributed by atoms with Gasteiger partial charge in [0.2, 0.25) is 0 Å². The van der Waals surface area contributed by atoms with Gasteiger partial charge in [0.1, 0.15) is 5.75 Å². The molecule has 1 aromatic carbocycles. The predicted octanol–water partition coefficient (Wildman–Crippen LogP) is 3.30. The van der Waals surface area contributed by atoms with Crippen LogP contribution in [0.25, 0.3) is 0 Å². The van der Waals surface area contributed by atoms with Gasteiger partial charge in [-0.1, -0.05) is 6.07 Å². The molecule has 0 spiro atoms. The largest absolute Gasteiger partial charge is 0.424 e. The van der Waals surface area contributed by atoms with Crippen LogP contribution in [-0.4, -0.2) is 20.5 Å². The molecule has 0 fully saturated rings. The molecule has 15 heavy (non-hydrogen) atoms. The summed E-state index contributed by atoms with van der Waals surface area (Å²) in [6.45, 7) is -2.61. The van der Waals surface area contributed by atoms with Crippen molar-refractivity contribution in [3.05, 3.63) is 24.3 Å². The summed E-state index contributed by atoms with van der Waals surface area (Å²) in [6, 6.07) is 7.65. The summed E-state index contributed by atoms with van der Waals surface area (Å²) >= 11 is 6.74. The van der Waals surface area contributed by atoms with Crippen LogP contribution in [0.1, 0.15) is 0 Å². The second-order valence-electron chi connectivity index (χ2n) is 2.58. The topological polar surface area (TPSA) is 27.7 Å². The van der Waals surface area contributed by atoms with Gasteiger partial charge in [-0.15, -0.1) is 11.8 Å². The van der Waals surface area contributed by atoms with Gasteiger partial charge >= 0.3 is 6.72 Å². The third kappa shape index (κ3) is 3.78. The minimum atomic E-state index is -2.61. The zero-order valence-electron chi connectivity index (χ0n) is 8.80. The van der Waals surface area contributed by atoms with E-state index in [4.69, 9.17) is 25.4 Å². The Bertz CT molecular complexity index is 362.